The molecule has 1 aliphatic carbocycles. The standard InChI is InChI=1S/C13H20N4O/c1-8-7-9(2)16-13(15-8)17-11-5-3-10(4-6-11)12(14)18/h7,10-11H,3-6H2,1-2H3,(H2,14,18)(H,15,16,17). The van der Waals surface area contributed by atoms with Crippen LogP contribution in [0.3, 0.4) is 0 Å². The zero-order valence-corrected chi connectivity index (χ0v) is 10.9. The molecule has 1 fully saturated rings. The number of primary amides is 1. The van der Waals surface area contributed by atoms with Gasteiger partial charge in [-0.15, -0.1) is 0 Å². The Morgan fingerprint density at radius 1 is 1.22 bits per heavy atom. The van der Waals surface area contributed by atoms with Crippen LogP contribution in [-0.2, 0) is 4.79 Å². The third-order valence-electron chi connectivity index (χ3n) is 3.45. The maximum Gasteiger partial charge on any atom is 0.223 e. The van der Waals surface area contributed by atoms with Crippen molar-refractivity contribution in [2.75, 3.05) is 5.32 Å². The van der Waals surface area contributed by atoms with Crippen LogP contribution in [0, 0.1) is 19.8 Å². The third-order valence-corrected chi connectivity index (χ3v) is 3.45. The van der Waals surface area contributed by atoms with E-state index in [1.165, 1.54) is 0 Å². The van der Waals surface area contributed by atoms with Crippen molar-refractivity contribution in [3.05, 3.63) is 17.5 Å². The van der Waals surface area contributed by atoms with Crippen LogP contribution in [-0.4, -0.2) is 21.9 Å². The van der Waals surface area contributed by atoms with E-state index >= 15 is 0 Å². The minimum absolute atomic E-state index is 0.0446. The summed E-state index contributed by atoms with van der Waals surface area (Å²) in [6.45, 7) is 3.92. The minimum atomic E-state index is -0.170. The minimum Gasteiger partial charge on any atom is -0.369 e. The number of aryl methyl sites for hydroxylation is 2. The van der Waals surface area contributed by atoms with E-state index < -0.39 is 0 Å². The lowest BCUT2D eigenvalue weighted by molar-refractivity contribution is -0.122. The first kappa shape index (κ1) is 12.8. The maximum absolute atomic E-state index is 11.1. The van der Waals surface area contributed by atoms with Gasteiger partial charge in [0.1, 0.15) is 0 Å². The van der Waals surface area contributed by atoms with E-state index in [9.17, 15) is 4.79 Å². The number of hydrogen-bond acceptors (Lipinski definition) is 4. The molecule has 0 saturated heterocycles. The number of aromatic nitrogens is 2. The van der Waals surface area contributed by atoms with E-state index in [0.717, 1.165) is 37.1 Å². The molecular weight excluding hydrogens is 228 g/mol. The zero-order chi connectivity index (χ0) is 13.1. The maximum atomic E-state index is 11.1. The number of nitrogens with two attached hydrogens (primary N) is 1. The number of nitrogens with zero attached hydrogens (tertiary/aromatic N) is 2. The Labute approximate surface area is 107 Å². The topological polar surface area (TPSA) is 80.9 Å². The summed E-state index contributed by atoms with van der Waals surface area (Å²) in [5.41, 5.74) is 7.26. The smallest absolute Gasteiger partial charge is 0.223 e. The van der Waals surface area contributed by atoms with Gasteiger partial charge in [-0.1, -0.05) is 0 Å². The predicted octanol–water partition coefficient (Wildman–Crippen LogP) is 1.55. The molecule has 1 aromatic rings. The quantitative estimate of drug-likeness (QED) is 0.850. The van der Waals surface area contributed by atoms with E-state index in [1.807, 2.05) is 19.9 Å². The summed E-state index contributed by atoms with van der Waals surface area (Å²) in [6.07, 6.45) is 3.61. The van der Waals surface area contributed by atoms with Gasteiger partial charge in [0, 0.05) is 23.3 Å². The van der Waals surface area contributed by atoms with Crippen molar-refractivity contribution in [2.45, 2.75) is 45.6 Å². The van der Waals surface area contributed by atoms with Crippen molar-refractivity contribution in [3.8, 4) is 0 Å². The third kappa shape index (κ3) is 3.18. The Hall–Kier alpha value is -1.65. The summed E-state index contributed by atoms with van der Waals surface area (Å²) in [5, 5.41) is 3.35. The van der Waals surface area contributed by atoms with Crippen molar-refractivity contribution in [1.82, 2.24) is 9.97 Å². The van der Waals surface area contributed by atoms with Gasteiger partial charge in [-0.2, -0.15) is 0 Å². The van der Waals surface area contributed by atoms with Crippen LogP contribution in [0.25, 0.3) is 0 Å². The molecule has 0 atom stereocenters. The number of amides is 1. The molecule has 0 radical (unpaired) electrons. The van der Waals surface area contributed by atoms with Crippen LogP contribution >= 0.6 is 0 Å². The molecule has 0 aromatic carbocycles. The molecule has 2 rings (SSSR count). The van der Waals surface area contributed by atoms with Gasteiger partial charge in [0.15, 0.2) is 0 Å². The van der Waals surface area contributed by atoms with Gasteiger partial charge in [0.25, 0.3) is 0 Å². The van der Waals surface area contributed by atoms with Crippen LogP contribution in [0.2, 0.25) is 0 Å². The summed E-state index contributed by atoms with van der Waals surface area (Å²) >= 11 is 0. The lowest BCUT2D eigenvalue weighted by Crippen LogP contribution is -2.32. The molecule has 1 saturated carbocycles. The highest BCUT2D eigenvalue weighted by atomic mass is 16.1. The Bertz CT molecular complexity index is 418. The van der Waals surface area contributed by atoms with Crippen molar-refractivity contribution in [2.24, 2.45) is 11.7 Å². The number of hydrogen-bond donors (Lipinski definition) is 2. The number of carbonyl (C=O) groups is 1. The lowest BCUT2D eigenvalue weighted by atomic mass is 9.86. The van der Waals surface area contributed by atoms with Crippen molar-refractivity contribution < 1.29 is 4.79 Å². The Kier molecular flexibility index (Phi) is 3.79. The van der Waals surface area contributed by atoms with Crippen molar-refractivity contribution >= 4 is 11.9 Å². The average Bonchev–Trinajstić information content (AvgIpc) is 2.28. The predicted molar refractivity (Wildman–Crippen MR) is 70.1 cm³/mol. The SMILES string of the molecule is Cc1cc(C)nc(NC2CCC(C(N)=O)CC2)n1. The summed E-state index contributed by atoms with van der Waals surface area (Å²) in [6, 6.07) is 2.30. The van der Waals surface area contributed by atoms with Crippen molar-refractivity contribution in [1.29, 1.82) is 0 Å². The first-order valence-corrected chi connectivity index (χ1v) is 6.42. The zero-order valence-electron chi connectivity index (χ0n) is 10.9. The lowest BCUT2D eigenvalue weighted by Gasteiger charge is -2.27. The molecule has 1 amide bonds. The van der Waals surface area contributed by atoms with Gasteiger partial charge in [-0.3, -0.25) is 4.79 Å². The number of rotatable bonds is 3. The molecule has 3 N–H and O–H groups in total. The van der Waals surface area contributed by atoms with Crippen LogP contribution in [0.4, 0.5) is 5.95 Å². The highest BCUT2D eigenvalue weighted by molar-refractivity contribution is 5.76. The fourth-order valence-corrected chi connectivity index (χ4v) is 2.50. The van der Waals surface area contributed by atoms with Crippen LogP contribution in [0.5, 0.6) is 0 Å². The molecule has 0 bridgehead atoms. The highest BCUT2D eigenvalue weighted by Crippen LogP contribution is 2.25. The van der Waals surface area contributed by atoms with Gasteiger partial charge in [-0.25, -0.2) is 9.97 Å². The van der Waals surface area contributed by atoms with Crippen LogP contribution in [0.15, 0.2) is 6.07 Å². The molecule has 0 spiro atoms. The highest BCUT2D eigenvalue weighted by Gasteiger charge is 2.24. The molecule has 18 heavy (non-hydrogen) atoms. The number of carbonyl (C=O) groups excluding carboxylic acids is 1. The van der Waals surface area contributed by atoms with E-state index in [2.05, 4.69) is 15.3 Å². The summed E-state index contributed by atoms with van der Waals surface area (Å²) < 4.78 is 0. The number of anilines is 1. The number of nitrogens with one attached hydrogen (secondary N) is 1. The summed E-state index contributed by atoms with van der Waals surface area (Å²) in [7, 11) is 0. The van der Waals surface area contributed by atoms with Crippen LogP contribution < -0.4 is 11.1 Å². The molecule has 5 heteroatoms. The van der Waals surface area contributed by atoms with Gasteiger partial charge in [-0.05, 0) is 45.6 Å². The molecule has 5 nitrogen and oxygen atoms in total. The van der Waals surface area contributed by atoms with E-state index in [1.54, 1.807) is 0 Å². The van der Waals surface area contributed by atoms with Crippen LogP contribution in [0.1, 0.15) is 37.1 Å². The second-order valence-corrected chi connectivity index (χ2v) is 5.07. The second-order valence-electron chi connectivity index (χ2n) is 5.07. The first-order valence-electron chi connectivity index (χ1n) is 6.42. The Morgan fingerprint density at radius 3 is 2.28 bits per heavy atom. The monoisotopic (exact) mass is 248 g/mol. The molecular formula is C13H20N4O. The largest absolute Gasteiger partial charge is 0.369 e. The van der Waals surface area contributed by atoms with Gasteiger partial charge in [0.2, 0.25) is 11.9 Å². The molecule has 0 unspecified atom stereocenters. The Balaban J connectivity index is 1.93. The second kappa shape index (κ2) is 5.33. The fraction of sp³-hybridized carbons (Fsp3) is 0.615. The molecule has 1 aromatic heterocycles. The first-order chi connectivity index (χ1) is 8.54. The summed E-state index contributed by atoms with van der Waals surface area (Å²) in [4.78, 5) is 19.8. The van der Waals surface area contributed by atoms with E-state index in [-0.39, 0.29) is 11.8 Å². The van der Waals surface area contributed by atoms with Gasteiger partial charge < -0.3 is 11.1 Å². The van der Waals surface area contributed by atoms with E-state index in [0.29, 0.717) is 12.0 Å². The fourth-order valence-electron chi connectivity index (χ4n) is 2.50. The van der Waals surface area contributed by atoms with E-state index in [4.69, 9.17) is 5.73 Å². The van der Waals surface area contributed by atoms with Crippen molar-refractivity contribution in [3.63, 3.8) is 0 Å². The molecule has 1 aliphatic rings. The average molecular weight is 248 g/mol. The normalized spacial score (nSPS) is 23.7. The van der Waals surface area contributed by atoms with Gasteiger partial charge >= 0.3 is 0 Å². The molecule has 98 valence electrons. The molecule has 1 heterocycles. The Morgan fingerprint density at radius 2 is 1.78 bits per heavy atom. The molecule has 0 aliphatic heterocycles. The summed E-state index contributed by atoms with van der Waals surface area (Å²) in [5.74, 6) is 0.564. The van der Waals surface area contributed by atoms with Gasteiger partial charge in [0.05, 0.1) is 0 Å².